The van der Waals surface area contributed by atoms with Gasteiger partial charge in [0.15, 0.2) is 11.5 Å². The lowest BCUT2D eigenvalue weighted by Gasteiger charge is -2.13. The first-order valence-corrected chi connectivity index (χ1v) is 13.2. The van der Waals surface area contributed by atoms with Gasteiger partial charge in [-0.3, -0.25) is 10.1 Å². The van der Waals surface area contributed by atoms with Gasteiger partial charge in [-0.05, 0) is 54.8 Å². The Morgan fingerprint density at radius 3 is 2.63 bits per heavy atom. The number of allylic oxidation sites excluding steroid dienone is 2. The zero-order chi connectivity index (χ0) is 26.4. The number of hydrogen-bond donors (Lipinski definition) is 3. The molecule has 3 N–H and O–H groups in total. The van der Waals surface area contributed by atoms with Gasteiger partial charge >= 0.3 is 0 Å². The summed E-state index contributed by atoms with van der Waals surface area (Å²) >= 11 is 1.72. The van der Waals surface area contributed by atoms with Crippen molar-refractivity contribution in [1.82, 2.24) is 30.1 Å². The lowest BCUT2D eigenvalue weighted by Crippen LogP contribution is -2.04. The second-order valence-electron chi connectivity index (χ2n) is 9.66. The first-order chi connectivity index (χ1) is 18.4. The first kappa shape index (κ1) is 23.8. The van der Waals surface area contributed by atoms with E-state index < -0.39 is 0 Å². The maximum absolute atomic E-state index is 4.98. The van der Waals surface area contributed by atoms with Gasteiger partial charge in [-0.2, -0.15) is 5.10 Å². The molecular weight excluding hydrogens is 490 g/mol. The number of aromatic nitrogens is 6. The Bertz CT molecular complexity index is 1840. The second-order valence-corrected chi connectivity index (χ2v) is 10.7. The number of nitrogens with one attached hydrogen (secondary N) is 3. The largest absolute Gasteiger partial charge is 0.358 e. The molecule has 188 valence electrons. The van der Waals surface area contributed by atoms with Crippen molar-refractivity contribution in [2.75, 3.05) is 5.32 Å². The van der Waals surface area contributed by atoms with Gasteiger partial charge in [-0.25, -0.2) is 9.97 Å². The van der Waals surface area contributed by atoms with Crippen molar-refractivity contribution in [2.45, 2.75) is 20.8 Å². The number of imidazole rings is 1. The molecule has 38 heavy (non-hydrogen) atoms. The van der Waals surface area contributed by atoms with Gasteiger partial charge in [0.05, 0.1) is 34.1 Å². The molecule has 7 nitrogen and oxygen atoms in total. The summed E-state index contributed by atoms with van der Waals surface area (Å²) in [6.07, 6.45) is 3.60. The number of para-hydroxylation sites is 1. The number of aromatic amines is 2. The molecule has 0 aliphatic carbocycles. The third-order valence-corrected chi connectivity index (χ3v) is 7.75. The van der Waals surface area contributed by atoms with Crippen LogP contribution in [0.3, 0.4) is 0 Å². The van der Waals surface area contributed by atoms with E-state index in [1.165, 1.54) is 4.88 Å². The van der Waals surface area contributed by atoms with Crippen LogP contribution in [0, 0.1) is 5.92 Å². The van der Waals surface area contributed by atoms with Crippen LogP contribution in [0.25, 0.3) is 60.9 Å². The van der Waals surface area contributed by atoms with Gasteiger partial charge < -0.3 is 10.3 Å². The molecule has 0 saturated heterocycles. The molecular formula is C30H27N7S. The van der Waals surface area contributed by atoms with Crippen LogP contribution in [0.1, 0.15) is 25.6 Å². The molecule has 0 saturated carbocycles. The number of rotatable bonds is 7. The molecule has 0 radical (unpaired) electrons. The highest BCUT2D eigenvalue weighted by molar-refractivity contribution is 7.16. The third kappa shape index (κ3) is 4.29. The number of H-pyrrole nitrogens is 2. The summed E-state index contributed by atoms with van der Waals surface area (Å²) in [6, 6.07) is 16.4. The predicted molar refractivity (Wildman–Crippen MR) is 158 cm³/mol. The van der Waals surface area contributed by atoms with E-state index in [1.807, 2.05) is 43.5 Å². The van der Waals surface area contributed by atoms with Crippen LogP contribution in [-0.4, -0.2) is 30.1 Å². The molecule has 5 heterocycles. The van der Waals surface area contributed by atoms with E-state index in [1.54, 1.807) is 17.5 Å². The molecule has 0 aliphatic rings. The smallest absolute Gasteiger partial charge is 0.161 e. The Morgan fingerprint density at radius 1 is 0.974 bits per heavy atom. The van der Waals surface area contributed by atoms with Gasteiger partial charge in [0.2, 0.25) is 0 Å². The summed E-state index contributed by atoms with van der Waals surface area (Å²) in [7, 11) is 0. The Labute approximate surface area is 224 Å². The summed E-state index contributed by atoms with van der Waals surface area (Å²) in [5.41, 5.74) is 9.76. The fraction of sp³-hybridized carbons (Fsp3) is 0.133. The molecule has 0 unspecified atom stereocenters. The van der Waals surface area contributed by atoms with Crippen molar-refractivity contribution in [3.05, 3.63) is 84.7 Å². The maximum atomic E-state index is 4.98. The van der Waals surface area contributed by atoms with Crippen LogP contribution in [0.2, 0.25) is 0 Å². The minimum Gasteiger partial charge on any atom is -0.358 e. The highest BCUT2D eigenvalue weighted by Crippen LogP contribution is 2.36. The summed E-state index contributed by atoms with van der Waals surface area (Å²) in [6.45, 7) is 14.4. The van der Waals surface area contributed by atoms with Crippen LogP contribution >= 0.6 is 11.3 Å². The molecule has 0 amide bonds. The molecule has 5 aromatic heterocycles. The topological polar surface area (TPSA) is 95.2 Å². The number of benzene rings is 1. The summed E-state index contributed by atoms with van der Waals surface area (Å²) in [4.78, 5) is 20.1. The number of pyridine rings is 2. The fourth-order valence-corrected chi connectivity index (χ4v) is 5.22. The highest BCUT2D eigenvalue weighted by Gasteiger charge is 2.17. The molecule has 0 atom stereocenters. The van der Waals surface area contributed by atoms with Crippen LogP contribution in [0.15, 0.2) is 79.8 Å². The average Bonchev–Trinajstić information content (AvgIpc) is 3.66. The number of hydrogen-bond acceptors (Lipinski definition) is 6. The fourth-order valence-electron chi connectivity index (χ4n) is 4.26. The van der Waals surface area contributed by atoms with Crippen LogP contribution in [-0.2, 0) is 0 Å². The van der Waals surface area contributed by atoms with Crippen LogP contribution < -0.4 is 5.32 Å². The van der Waals surface area contributed by atoms with Crippen molar-refractivity contribution in [2.24, 2.45) is 5.92 Å². The third-order valence-electron chi connectivity index (χ3n) is 6.47. The zero-order valence-corrected chi connectivity index (χ0v) is 22.3. The normalized spacial score (nSPS) is 11.5. The van der Waals surface area contributed by atoms with Crippen molar-refractivity contribution in [3.63, 3.8) is 0 Å². The monoisotopic (exact) mass is 517 g/mol. The summed E-state index contributed by atoms with van der Waals surface area (Å²) in [5.74, 6) is 0.987. The predicted octanol–water partition coefficient (Wildman–Crippen LogP) is 7.91. The Balaban J connectivity index is 1.40. The Hall–Kier alpha value is -4.56. The molecule has 0 fully saturated rings. The molecule has 1 aromatic carbocycles. The van der Waals surface area contributed by atoms with Crippen molar-refractivity contribution in [3.8, 4) is 33.2 Å². The minimum atomic E-state index is 0.318. The minimum absolute atomic E-state index is 0.318. The maximum Gasteiger partial charge on any atom is 0.161 e. The molecule has 6 rings (SSSR count). The lowest BCUT2D eigenvalue weighted by molar-refractivity contribution is 0.778. The molecule has 8 heteroatoms. The number of thiophene rings is 1. The van der Waals surface area contributed by atoms with E-state index in [0.29, 0.717) is 17.4 Å². The van der Waals surface area contributed by atoms with Gasteiger partial charge in [-0.15, -0.1) is 11.3 Å². The Kier molecular flexibility index (Phi) is 5.88. The second kappa shape index (κ2) is 9.39. The lowest BCUT2D eigenvalue weighted by atomic mass is 10.1. The standard InChI is InChI=1S/C30H27N7S/c1-16(2)18(5)32-20-13-19(14-31-15-20)22-9-10-24-28(33-22)29(37-36-24)30-34-23-8-6-7-21(27(23)35-30)26-12-11-25(38-26)17(3)4/h6-16,32H,3,5H2,1-2,4H3,(H,34,35)(H,36,37). The van der Waals surface area contributed by atoms with E-state index in [2.05, 4.69) is 70.7 Å². The number of fused-ring (bicyclic) bond motifs is 2. The van der Waals surface area contributed by atoms with Crippen molar-refractivity contribution >= 4 is 44.7 Å². The SMILES string of the molecule is C=C(C)c1ccc(-c2cccc3[nH]c(-c4n[nH]c5ccc(-c6cncc(NC(=C)C(C)C)c6)nc45)nc23)s1. The van der Waals surface area contributed by atoms with Crippen LogP contribution in [0.4, 0.5) is 5.69 Å². The quantitative estimate of drug-likeness (QED) is 0.200. The highest BCUT2D eigenvalue weighted by atomic mass is 32.1. The van der Waals surface area contributed by atoms with Crippen molar-refractivity contribution in [1.29, 1.82) is 0 Å². The number of anilines is 1. The van der Waals surface area contributed by atoms with E-state index in [-0.39, 0.29) is 0 Å². The van der Waals surface area contributed by atoms with Gasteiger partial charge in [0.1, 0.15) is 5.52 Å². The van der Waals surface area contributed by atoms with Crippen LogP contribution in [0.5, 0.6) is 0 Å². The van der Waals surface area contributed by atoms with Gasteiger partial charge in [0.25, 0.3) is 0 Å². The van der Waals surface area contributed by atoms with Gasteiger partial charge in [-0.1, -0.05) is 39.1 Å². The summed E-state index contributed by atoms with van der Waals surface area (Å²) < 4.78 is 0. The van der Waals surface area contributed by atoms with E-state index in [0.717, 1.165) is 60.7 Å². The molecule has 6 aromatic rings. The molecule has 0 aliphatic heterocycles. The molecule has 0 bridgehead atoms. The van der Waals surface area contributed by atoms with E-state index in [4.69, 9.17) is 9.97 Å². The van der Waals surface area contributed by atoms with Gasteiger partial charge in [0, 0.05) is 32.8 Å². The Morgan fingerprint density at radius 2 is 1.84 bits per heavy atom. The van der Waals surface area contributed by atoms with E-state index in [9.17, 15) is 0 Å². The molecule has 0 spiro atoms. The summed E-state index contributed by atoms with van der Waals surface area (Å²) in [5, 5.41) is 11.0. The van der Waals surface area contributed by atoms with Crippen molar-refractivity contribution < 1.29 is 0 Å². The average molecular weight is 518 g/mol. The zero-order valence-electron chi connectivity index (χ0n) is 21.5. The first-order valence-electron chi connectivity index (χ1n) is 12.4. The number of nitrogens with zero attached hydrogens (tertiary/aromatic N) is 4. The van der Waals surface area contributed by atoms with E-state index >= 15 is 0 Å².